The first-order valence-corrected chi connectivity index (χ1v) is 9.25. The Morgan fingerprint density at radius 3 is 2.73 bits per heavy atom. The second kappa shape index (κ2) is 8.74. The van der Waals surface area contributed by atoms with E-state index in [1.54, 1.807) is 0 Å². The summed E-state index contributed by atoms with van der Waals surface area (Å²) in [6, 6.07) is 6.75. The van der Waals surface area contributed by atoms with Crippen LogP contribution < -0.4 is 5.32 Å². The number of carbonyl (C=O) groups excluding carboxylic acids is 2. The van der Waals surface area contributed by atoms with Gasteiger partial charge >= 0.3 is 5.97 Å². The molecule has 0 aliphatic rings. The van der Waals surface area contributed by atoms with Crippen molar-refractivity contribution in [2.45, 2.75) is 6.92 Å². The molecule has 154 valence electrons. The summed E-state index contributed by atoms with van der Waals surface area (Å²) in [6.45, 7) is 0.864. The smallest absolute Gasteiger partial charge is 0.338 e. The summed E-state index contributed by atoms with van der Waals surface area (Å²) in [7, 11) is 0. The van der Waals surface area contributed by atoms with Crippen LogP contribution in [0.15, 0.2) is 41.8 Å². The first-order chi connectivity index (χ1) is 14.2. The number of nitro benzene ring substituents is 1. The Morgan fingerprint density at radius 2 is 2.00 bits per heavy atom. The van der Waals surface area contributed by atoms with Crippen molar-refractivity contribution in [2.75, 3.05) is 11.9 Å². The number of anilines is 1. The van der Waals surface area contributed by atoms with Crippen molar-refractivity contribution in [1.29, 1.82) is 0 Å². The molecule has 0 bridgehead atoms. The molecule has 0 radical (unpaired) electrons. The molecule has 11 heteroatoms. The average Bonchev–Trinajstić information content (AvgIpc) is 3.16. The maximum Gasteiger partial charge on any atom is 0.338 e. The number of ether oxygens (including phenoxy) is 1. The van der Waals surface area contributed by atoms with Gasteiger partial charge in [0.05, 0.1) is 16.2 Å². The summed E-state index contributed by atoms with van der Waals surface area (Å²) >= 11 is 0.977. The van der Waals surface area contributed by atoms with E-state index in [-0.39, 0.29) is 27.6 Å². The Labute approximate surface area is 172 Å². The van der Waals surface area contributed by atoms with Gasteiger partial charge in [-0.1, -0.05) is 6.07 Å². The Bertz CT molecular complexity index is 1150. The largest absolute Gasteiger partial charge is 0.452 e. The number of halogens is 2. The van der Waals surface area contributed by atoms with E-state index >= 15 is 0 Å². The third-order valence-electron chi connectivity index (χ3n) is 3.93. The molecule has 0 saturated heterocycles. The fraction of sp³-hybridized carbons (Fsp3) is 0.105. The van der Waals surface area contributed by atoms with E-state index < -0.39 is 35.0 Å². The number of hydrogen-bond donors (Lipinski definition) is 1. The summed E-state index contributed by atoms with van der Waals surface area (Å²) < 4.78 is 32.0. The molecule has 2 aromatic carbocycles. The van der Waals surface area contributed by atoms with Crippen molar-refractivity contribution in [3.05, 3.63) is 74.7 Å². The number of nitrogens with one attached hydrogen (secondary N) is 1. The lowest BCUT2D eigenvalue weighted by atomic mass is 10.1. The molecule has 1 amide bonds. The molecule has 30 heavy (non-hydrogen) atoms. The molecular formula is C19H13F2N3O5S. The van der Waals surface area contributed by atoms with Crippen LogP contribution in [-0.2, 0) is 9.53 Å². The minimum atomic E-state index is -0.907. The lowest BCUT2D eigenvalue weighted by Gasteiger charge is -2.05. The topological polar surface area (TPSA) is 111 Å². The van der Waals surface area contributed by atoms with E-state index in [1.807, 2.05) is 0 Å². The van der Waals surface area contributed by atoms with Gasteiger partial charge in [0.25, 0.3) is 11.6 Å². The highest BCUT2D eigenvalue weighted by molar-refractivity contribution is 7.14. The number of benzene rings is 2. The first kappa shape index (κ1) is 21.0. The number of rotatable bonds is 6. The third-order valence-corrected chi connectivity index (χ3v) is 4.69. The monoisotopic (exact) mass is 433 g/mol. The first-order valence-electron chi connectivity index (χ1n) is 8.37. The quantitative estimate of drug-likeness (QED) is 0.356. The van der Waals surface area contributed by atoms with Crippen molar-refractivity contribution < 1.29 is 28.0 Å². The molecule has 3 rings (SSSR count). The zero-order valence-electron chi connectivity index (χ0n) is 15.3. The van der Waals surface area contributed by atoms with E-state index in [4.69, 9.17) is 4.74 Å². The summed E-state index contributed by atoms with van der Waals surface area (Å²) in [4.78, 5) is 38.3. The van der Waals surface area contributed by atoms with Gasteiger partial charge in [-0.25, -0.2) is 18.6 Å². The van der Waals surface area contributed by atoms with E-state index in [1.165, 1.54) is 24.4 Å². The molecule has 0 fully saturated rings. The predicted molar refractivity (Wildman–Crippen MR) is 104 cm³/mol. The molecule has 1 aromatic heterocycles. The number of hydrogen-bond acceptors (Lipinski definition) is 7. The standard InChI is InChI=1S/C19H13F2N3O5S/c1-10-2-3-11(6-16(10)24(27)28)18(26)29-8-17(25)23-19-22-15(9-30-19)13-7-12(20)4-5-14(13)21/h2-7,9H,8H2,1H3,(H,22,23,25). The van der Waals surface area contributed by atoms with Crippen LogP contribution in [-0.4, -0.2) is 28.4 Å². The zero-order chi connectivity index (χ0) is 21.8. The lowest BCUT2D eigenvalue weighted by Crippen LogP contribution is -2.21. The van der Waals surface area contributed by atoms with Gasteiger partial charge in [0.2, 0.25) is 0 Å². The second-order valence-electron chi connectivity index (χ2n) is 6.04. The highest BCUT2D eigenvalue weighted by Gasteiger charge is 2.18. The molecule has 0 saturated carbocycles. The van der Waals surface area contributed by atoms with Gasteiger partial charge in [0.1, 0.15) is 11.6 Å². The Kier molecular flexibility index (Phi) is 6.11. The van der Waals surface area contributed by atoms with E-state index in [0.29, 0.717) is 5.56 Å². The maximum atomic E-state index is 13.8. The molecule has 0 aliphatic carbocycles. The molecule has 3 aromatic rings. The normalized spacial score (nSPS) is 10.5. The lowest BCUT2D eigenvalue weighted by molar-refractivity contribution is -0.385. The van der Waals surface area contributed by atoms with Crippen LogP contribution in [0.3, 0.4) is 0 Å². The van der Waals surface area contributed by atoms with Crippen molar-refractivity contribution in [2.24, 2.45) is 0 Å². The third kappa shape index (κ3) is 4.81. The number of aryl methyl sites for hydroxylation is 1. The van der Waals surface area contributed by atoms with Crippen LogP contribution in [0.5, 0.6) is 0 Å². The number of thiazole rings is 1. The zero-order valence-corrected chi connectivity index (χ0v) is 16.2. The number of nitrogens with zero attached hydrogens (tertiary/aromatic N) is 2. The Balaban J connectivity index is 1.61. The van der Waals surface area contributed by atoms with Gasteiger partial charge in [-0.15, -0.1) is 11.3 Å². The van der Waals surface area contributed by atoms with E-state index in [2.05, 4.69) is 10.3 Å². The molecular weight excluding hydrogens is 420 g/mol. The van der Waals surface area contributed by atoms with Crippen molar-refractivity contribution in [3.63, 3.8) is 0 Å². The fourth-order valence-electron chi connectivity index (χ4n) is 2.45. The SMILES string of the molecule is Cc1ccc(C(=O)OCC(=O)Nc2nc(-c3cc(F)ccc3F)cs2)cc1[N+](=O)[O-]. The van der Waals surface area contributed by atoms with Gasteiger partial charge in [-0.3, -0.25) is 20.2 Å². The highest BCUT2D eigenvalue weighted by Crippen LogP contribution is 2.27. The minimum absolute atomic E-state index is 0.0563. The van der Waals surface area contributed by atoms with Gasteiger partial charge in [0.15, 0.2) is 11.7 Å². The summed E-state index contributed by atoms with van der Waals surface area (Å²) in [6.07, 6.45) is 0. The molecule has 8 nitrogen and oxygen atoms in total. The van der Waals surface area contributed by atoms with Crippen molar-refractivity contribution in [1.82, 2.24) is 4.98 Å². The maximum absolute atomic E-state index is 13.8. The van der Waals surface area contributed by atoms with Gasteiger partial charge < -0.3 is 4.74 Å². The van der Waals surface area contributed by atoms with Crippen molar-refractivity contribution in [3.8, 4) is 11.3 Å². The summed E-state index contributed by atoms with van der Waals surface area (Å²) in [5, 5.41) is 14.9. The predicted octanol–water partition coefficient (Wildman–Crippen LogP) is 4.10. The highest BCUT2D eigenvalue weighted by atomic mass is 32.1. The number of esters is 1. The molecule has 1 heterocycles. The average molecular weight is 433 g/mol. The minimum Gasteiger partial charge on any atom is -0.452 e. The fourth-order valence-corrected chi connectivity index (χ4v) is 3.18. The van der Waals surface area contributed by atoms with Crippen LogP contribution in [0.4, 0.5) is 19.6 Å². The molecule has 0 aliphatic heterocycles. The summed E-state index contributed by atoms with van der Waals surface area (Å²) in [5.74, 6) is -2.92. The number of amides is 1. The van der Waals surface area contributed by atoms with E-state index in [9.17, 15) is 28.5 Å². The van der Waals surface area contributed by atoms with Crippen molar-refractivity contribution >= 4 is 34.0 Å². The van der Waals surface area contributed by atoms with Crippen LogP contribution in [0.2, 0.25) is 0 Å². The molecule has 0 unspecified atom stereocenters. The Morgan fingerprint density at radius 1 is 1.23 bits per heavy atom. The second-order valence-corrected chi connectivity index (χ2v) is 6.90. The van der Waals surface area contributed by atoms with Crippen LogP contribution in [0, 0.1) is 28.7 Å². The van der Waals surface area contributed by atoms with E-state index in [0.717, 1.165) is 35.6 Å². The van der Waals surface area contributed by atoms with Gasteiger partial charge in [-0.05, 0) is 31.2 Å². The molecule has 0 atom stereocenters. The van der Waals surface area contributed by atoms with Crippen LogP contribution in [0.1, 0.15) is 15.9 Å². The van der Waals surface area contributed by atoms with Crippen LogP contribution >= 0.6 is 11.3 Å². The van der Waals surface area contributed by atoms with Crippen LogP contribution in [0.25, 0.3) is 11.3 Å². The Hall–Kier alpha value is -3.73. The summed E-state index contributed by atoms with van der Waals surface area (Å²) in [5.41, 5.74) is 0.144. The van der Waals surface area contributed by atoms with Gasteiger partial charge in [0, 0.05) is 22.6 Å². The number of nitro groups is 1. The number of carbonyl (C=O) groups is 2. The number of aromatic nitrogens is 1. The molecule has 1 N–H and O–H groups in total. The molecule has 0 spiro atoms. The van der Waals surface area contributed by atoms with Gasteiger partial charge in [-0.2, -0.15) is 0 Å².